The van der Waals surface area contributed by atoms with Crippen molar-refractivity contribution in [2.24, 2.45) is 0 Å². The minimum absolute atomic E-state index is 0.111. The van der Waals surface area contributed by atoms with E-state index in [-0.39, 0.29) is 30.0 Å². The van der Waals surface area contributed by atoms with Crippen LogP contribution in [0.15, 0.2) is 24.3 Å². The van der Waals surface area contributed by atoms with Crippen molar-refractivity contribution in [1.82, 2.24) is 5.32 Å². The Morgan fingerprint density at radius 3 is 2.57 bits per heavy atom. The minimum Gasteiger partial charge on any atom is -0.311 e. The lowest BCUT2D eigenvalue weighted by Crippen LogP contribution is -2.31. The maximum Gasteiger partial charge on any atom is 0.247 e. The number of carbonyl (C=O) groups is 3. The summed E-state index contributed by atoms with van der Waals surface area (Å²) in [5, 5.41) is 2.62. The molecule has 2 radical (unpaired) electrons. The zero-order valence-electron chi connectivity index (χ0n) is 11.7. The standard InChI is InChI=1S/C14H15BN2O3S/c1-21-11-6-13(19)17(14(11)20)10-4-2-9(3-5-10)7-16-8-12(15)18/h2-5,11,16H,6-8H2,1H3. The van der Waals surface area contributed by atoms with Crippen LogP contribution in [0.4, 0.5) is 5.69 Å². The van der Waals surface area contributed by atoms with Crippen molar-refractivity contribution < 1.29 is 14.4 Å². The number of nitrogens with zero attached hydrogens (tertiary/aromatic N) is 1. The number of benzene rings is 1. The number of imide groups is 1. The van der Waals surface area contributed by atoms with Crippen LogP contribution in [0.25, 0.3) is 0 Å². The van der Waals surface area contributed by atoms with Crippen LogP contribution in [0, 0.1) is 0 Å². The van der Waals surface area contributed by atoms with Gasteiger partial charge in [0.2, 0.25) is 11.8 Å². The molecular formula is C14H15BN2O3S. The molecule has 2 rings (SSSR count). The number of carbonyl (C=O) groups excluding carboxylic acids is 3. The van der Waals surface area contributed by atoms with Crippen molar-refractivity contribution in [2.75, 3.05) is 17.7 Å². The summed E-state index contributed by atoms with van der Waals surface area (Å²) in [5.41, 5.74) is 1.11. The Morgan fingerprint density at radius 2 is 2.05 bits per heavy atom. The molecule has 0 bridgehead atoms. The van der Waals surface area contributed by atoms with E-state index in [2.05, 4.69) is 5.32 Å². The third-order valence-electron chi connectivity index (χ3n) is 3.21. The van der Waals surface area contributed by atoms with Crippen molar-refractivity contribution in [3.63, 3.8) is 0 Å². The molecule has 1 N–H and O–H groups in total. The van der Waals surface area contributed by atoms with Crippen LogP contribution in [0.2, 0.25) is 0 Å². The molecule has 1 unspecified atom stereocenters. The second-order valence-corrected chi connectivity index (χ2v) is 5.77. The number of hydrogen-bond acceptors (Lipinski definition) is 5. The predicted molar refractivity (Wildman–Crippen MR) is 83.3 cm³/mol. The fraction of sp³-hybridized carbons (Fsp3) is 0.357. The lowest BCUT2D eigenvalue weighted by atomic mass is 10.0. The number of hydrogen-bond donors (Lipinski definition) is 1. The first-order chi connectivity index (χ1) is 10.0. The molecule has 1 heterocycles. The molecule has 1 fully saturated rings. The normalized spacial score (nSPS) is 18.3. The second-order valence-electron chi connectivity index (χ2n) is 4.73. The van der Waals surface area contributed by atoms with Crippen molar-refractivity contribution in [3.8, 4) is 0 Å². The summed E-state index contributed by atoms with van der Waals surface area (Å²) in [6, 6.07) is 7.10. The van der Waals surface area contributed by atoms with Gasteiger partial charge in [0, 0.05) is 19.5 Å². The molecule has 7 heteroatoms. The molecule has 1 aliphatic heterocycles. The van der Waals surface area contributed by atoms with Gasteiger partial charge in [0.05, 0.1) is 16.6 Å². The first kappa shape index (κ1) is 15.8. The lowest BCUT2D eigenvalue weighted by Gasteiger charge is -2.15. The van der Waals surface area contributed by atoms with Crippen LogP contribution < -0.4 is 10.2 Å². The van der Waals surface area contributed by atoms with Gasteiger partial charge in [-0.1, -0.05) is 12.1 Å². The van der Waals surface area contributed by atoms with Crippen LogP contribution in [0.1, 0.15) is 12.0 Å². The third-order valence-corrected chi connectivity index (χ3v) is 4.15. The molecule has 5 nitrogen and oxygen atoms in total. The Kier molecular flexibility index (Phi) is 5.19. The molecular weight excluding hydrogens is 287 g/mol. The summed E-state index contributed by atoms with van der Waals surface area (Å²) in [5.74, 6) is -0.328. The van der Waals surface area contributed by atoms with Crippen LogP contribution in [-0.2, 0) is 20.9 Å². The predicted octanol–water partition coefficient (Wildman–Crippen LogP) is 0.466. The van der Waals surface area contributed by atoms with Gasteiger partial charge < -0.3 is 10.1 Å². The highest BCUT2D eigenvalue weighted by molar-refractivity contribution is 8.00. The highest BCUT2D eigenvalue weighted by atomic mass is 32.2. The van der Waals surface area contributed by atoms with Gasteiger partial charge in [-0.25, -0.2) is 4.90 Å². The van der Waals surface area contributed by atoms with E-state index < -0.39 is 5.68 Å². The van der Waals surface area contributed by atoms with E-state index in [4.69, 9.17) is 7.85 Å². The highest BCUT2D eigenvalue weighted by Crippen LogP contribution is 2.28. The number of amides is 2. The zero-order chi connectivity index (χ0) is 15.4. The van der Waals surface area contributed by atoms with Crippen LogP contribution in [0.5, 0.6) is 0 Å². The summed E-state index contributed by atoms with van der Waals surface area (Å²) >= 11 is 1.39. The quantitative estimate of drug-likeness (QED) is 0.611. The molecule has 0 saturated carbocycles. The van der Waals surface area contributed by atoms with Crippen molar-refractivity contribution in [2.45, 2.75) is 18.2 Å². The Morgan fingerprint density at radius 1 is 1.38 bits per heavy atom. The summed E-state index contributed by atoms with van der Waals surface area (Å²) < 4.78 is 0. The van der Waals surface area contributed by atoms with Crippen LogP contribution in [0.3, 0.4) is 0 Å². The highest BCUT2D eigenvalue weighted by Gasteiger charge is 2.38. The molecule has 0 aromatic heterocycles. The van der Waals surface area contributed by atoms with E-state index in [1.165, 1.54) is 16.7 Å². The monoisotopic (exact) mass is 302 g/mol. The summed E-state index contributed by atoms with van der Waals surface area (Å²) in [6.45, 7) is 0.610. The summed E-state index contributed by atoms with van der Waals surface area (Å²) in [4.78, 5) is 35.9. The van der Waals surface area contributed by atoms with E-state index in [1.54, 1.807) is 12.1 Å². The van der Waals surface area contributed by atoms with Crippen molar-refractivity contribution >= 4 is 42.8 Å². The maximum atomic E-state index is 12.1. The lowest BCUT2D eigenvalue weighted by molar-refractivity contribution is -0.121. The first-order valence-corrected chi connectivity index (χ1v) is 7.79. The Balaban J connectivity index is 2.03. The molecule has 2 amide bonds. The van der Waals surface area contributed by atoms with Gasteiger partial charge >= 0.3 is 0 Å². The van der Waals surface area contributed by atoms with E-state index in [9.17, 15) is 14.4 Å². The number of nitrogens with one attached hydrogen (secondary N) is 1. The van der Waals surface area contributed by atoms with E-state index in [1.807, 2.05) is 18.4 Å². The van der Waals surface area contributed by atoms with Gasteiger partial charge in [0.25, 0.3) is 0 Å². The summed E-state index contributed by atoms with van der Waals surface area (Å²) in [6.07, 6.45) is 2.08. The fourth-order valence-corrected chi connectivity index (χ4v) is 2.77. The molecule has 1 atom stereocenters. The minimum atomic E-state index is -0.414. The molecule has 0 aliphatic carbocycles. The molecule has 0 spiro atoms. The first-order valence-electron chi connectivity index (χ1n) is 6.50. The number of thioether (sulfide) groups is 1. The van der Waals surface area contributed by atoms with Gasteiger partial charge in [-0.3, -0.25) is 9.59 Å². The fourth-order valence-electron chi connectivity index (χ4n) is 2.15. The van der Waals surface area contributed by atoms with E-state index in [0.717, 1.165) is 5.56 Å². The Bertz CT molecular complexity index is 562. The van der Waals surface area contributed by atoms with Crippen LogP contribution >= 0.6 is 11.8 Å². The van der Waals surface area contributed by atoms with Crippen molar-refractivity contribution in [1.29, 1.82) is 0 Å². The van der Waals surface area contributed by atoms with E-state index >= 15 is 0 Å². The third kappa shape index (κ3) is 3.74. The molecule has 1 aromatic carbocycles. The summed E-state index contributed by atoms with van der Waals surface area (Å²) in [7, 11) is 5.04. The number of rotatable bonds is 6. The van der Waals surface area contributed by atoms with Gasteiger partial charge in [-0.05, 0) is 24.0 Å². The smallest absolute Gasteiger partial charge is 0.247 e. The largest absolute Gasteiger partial charge is 0.311 e. The number of anilines is 1. The van der Waals surface area contributed by atoms with Gasteiger partial charge in [0.15, 0.2) is 7.85 Å². The van der Waals surface area contributed by atoms with Gasteiger partial charge in [0.1, 0.15) is 0 Å². The van der Waals surface area contributed by atoms with Crippen LogP contribution in [-0.4, -0.2) is 43.4 Å². The Hall–Kier alpha value is -1.60. The van der Waals surface area contributed by atoms with Gasteiger partial charge in [-0.2, -0.15) is 11.8 Å². The Labute approximate surface area is 128 Å². The average molecular weight is 302 g/mol. The molecule has 1 aromatic rings. The van der Waals surface area contributed by atoms with Gasteiger partial charge in [-0.15, -0.1) is 0 Å². The second kappa shape index (κ2) is 6.91. The van der Waals surface area contributed by atoms with E-state index in [0.29, 0.717) is 12.2 Å². The molecule has 1 aliphatic rings. The SMILES string of the molecule is [B]C(=O)CNCc1ccc(N2C(=O)CC(SC)C2=O)cc1. The average Bonchev–Trinajstić information content (AvgIpc) is 2.74. The van der Waals surface area contributed by atoms with Crippen molar-refractivity contribution in [3.05, 3.63) is 29.8 Å². The molecule has 1 saturated heterocycles. The maximum absolute atomic E-state index is 12.1. The molecule has 108 valence electrons. The topological polar surface area (TPSA) is 66.5 Å². The zero-order valence-corrected chi connectivity index (χ0v) is 12.5. The molecule has 21 heavy (non-hydrogen) atoms.